The lowest BCUT2D eigenvalue weighted by Crippen LogP contribution is -2.39. The van der Waals surface area contributed by atoms with E-state index in [1.54, 1.807) is 0 Å². The number of hydrogen-bond acceptors (Lipinski definition) is 4. The van der Waals surface area contributed by atoms with Gasteiger partial charge in [-0.15, -0.1) is 0 Å². The smallest absolute Gasteiger partial charge is 0.395 e. The van der Waals surface area contributed by atoms with Gasteiger partial charge in [0.1, 0.15) is 6.61 Å². The number of alkyl halides is 3. The van der Waals surface area contributed by atoms with Gasteiger partial charge in [0.05, 0.1) is 6.61 Å². The number of rotatable bonds is 9. The zero-order valence-electron chi connectivity index (χ0n) is 11.1. The number of nitrogens with one attached hydrogen (secondary N) is 1. The molecule has 1 fully saturated rings. The molecular weight excluding hydrogens is 261 g/mol. The molecule has 1 atom stereocenters. The van der Waals surface area contributed by atoms with Crippen LogP contribution in [0, 0.1) is 0 Å². The first-order valence-electron chi connectivity index (χ1n) is 6.72. The molecule has 0 aromatic heterocycles. The predicted octanol–water partition coefficient (Wildman–Crippen LogP) is 1.00. The number of halogens is 3. The van der Waals surface area contributed by atoms with E-state index >= 15 is 0 Å². The Labute approximate surface area is 111 Å². The zero-order valence-corrected chi connectivity index (χ0v) is 11.1. The second-order valence-corrected chi connectivity index (χ2v) is 4.84. The zero-order chi connectivity index (χ0) is 14.1. The molecule has 1 aliphatic rings. The van der Waals surface area contributed by atoms with E-state index in [-0.39, 0.29) is 13.2 Å². The van der Waals surface area contributed by atoms with E-state index in [1.807, 2.05) is 0 Å². The molecule has 0 amide bonds. The molecular formula is C12H23F3N2O2. The highest BCUT2D eigenvalue weighted by Crippen LogP contribution is 2.14. The molecule has 114 valence electrons. The van der Waals surface area contributed by atoms with Crippen molar-refractivity contribution in [3.63, 3.8) is 0 Å². The summed E-state index contributed by atoms with van der Waals surface area (Å²) in [5, 5.41) is 12.3. The maximum absolute atomic E-state index is 11.9. The normalized spacial score (nSPS) is 20.4. The molecule has 0 radical (unpaired) electrons. The highest BCUT2D eigenvalue weighted by Gasteiger charge is 2.27. The van der Waals surface area contributed by atoms with Crippen LogP contribution in [0.4, 0.5) is 13.2 Å². The van der Waals surface area contributed by atoms with Gasteiger partial charge in [0, 0.05) is 32.3 Å². The maximum atomic E-state index is 11.9. The van der Waals surface area contributed by atoms with Crippen LogP contribution < -0.4 is 5.32 Å². The highest BCUT2D eigenvalue weighted by molar-refractivity contribution is 4.77. The fraction of sp³-hybridized carbons (Fsp3) is 1.00. The standard InChI is InChI=1S/C12H23F3N2O2/c13-12(14,15)10-19-8-2-5-17(6-7-18)9-11-3-1-4-16-11/h11,16,18H,1-10H2. The Bertz CT molecular complexity index is 234. The number of hydrogen-bond donors (Lipinski definition) is 2. The van der Waals surface area contributed by atoms with Crippen molar-refractivity contribution in [3.05, 3.63) is 0 Å². The Balaban J connectivity index is 2.11. The van der Waals surface area contributed by atoms with E-state index in [0.29, 0.717) is 25.6 Å². The van der Waals surface area contributed by atoms with E-state index in [1.165, 1.54) is 0 Å². The van der Waals surface area contributed by atoms with Crippen molar-refractivity contribution < 1.29 is 23.0 Å². The van der Waals surface area contributed by atoms with Crippen LogP contribution >= 0.6 is 0 Å². The Kier molecular flexibility index (Phi) is 7.67. The molecule has 1 unspecified atom stereocenters. The summed E-state index contributed by atoms with van der Waals surface area (Å²) in [6.07, 6.45) is -1.43. The van der Waals surface area contributed by atoms with Crippen molar-refractivity contribution in [1.29, 1.82) is 0 Å². The SMILES string of the molecule is OCCN(CCCOCC(F)(F)F)CC1CCCN1. The summed E-state index contributed by atoms with van der Waals surface area (Å²) in [6.45, 7) is 2.03. The maximum Gasteiger partial charge on any atom is 0.411 e. The number of aliphatic hydroxyl groups excluding tert-OH is 1. The minimum Gasteiger partial charge on any atom is -0.395 e. The second kappa shape index (κ2) is 8.73. The summed E-state index contributed by atoms with van der Waals surface area (Å²) in [5.74, 6) is 0. The monoisotopic (exact) mass is 284 g/mol. The molecule has 0 aromatic carbocycles. The minimum absolute atomic E-state index is 0.0656. The largest absolute Gasteiger partial charge is 0.411 e. The van der Waals surface area contributed by atoms with E-state index in [9.17, 15) is 13.2 Å². The Hall–Kier alpha value is -0.370. The van der Waals surface area contributed by atoms with Crippen molar-refractivity contribution in [2.75, 3.05) is 46.0 Å². The Morgan fingerprint density at radius 2 is 2.11 bits per heavy atom. The van der Waals surface area contributed by atoms with Crippen LogP contribution in [0.3, 0.4) is 0 Å². The molecule has 1 rings (SSSR count). The summed E-state index contributed by atoms with van der Waals surface area (Å²) in [7, 11) is 0. The van der Waals surface area contributed by atoms with E-state index in [0.717, 1.165) is 25.9 Å². The molecule has 1 heterocycles. The first kappa shape index (κ1) is 16.7. The van der Waals surface area contributed by atoms with Crippen LogP contribution in [-0.4, -0.2) is 68.2 Å². The van der Waals surface area contributed by atoms with Gasteiger partial charge in [-0.25, -0.2) is 0 Å². The molecule has 0 aromatic rings. The van der Waals surface area contributed by atoms with Crippen LogP contribution in [-0.2, 0) is 4.74 Å². The lowest BCUT2D eigenvalue weighted by Gasteiger charge is -2.24. The molecule has 19 heavy (non-hydrogen) atoms. The fourth-order valence-corrected chi connectivity index (χ4v) is 2.24. The van der Waals surface area contributed by atoms with Gasteiger partial charge in [0.15, 0.2) is 0 Å². The third-order valence-corrected chi connectivity index (χ3v) is 3.09. The van der Waals surface area contributed by atoms with Gasteiger partial charge in [0.25, 0.3) is 0 Å². The number of aliphatic hydroxyl groups is 1. The van der Waals surface area contributed by atoms with Gasteiger partial charge in [-0.3, -0.25) is 4.90 Å². The average Bonchev–Trinajstić information content (AvgIpc) is 2.80. The van der Waals surface area contributed by atoms with Crippen molar-refractivity contribution in [3.8, 4) is 0 Å². The summed E-state index contributed by atoms with van der Waals surface area (Å²) in [5.41, 5.74) is 0. The lowest BCUT2D eigenvalue weighted by atomic mass is 10.2. The average molecular weight is 284 g/mol. The van der Waals surface area contributed by atoms with E-state index < -0.39 is 12.8 Å². The van der Waals surface area contributed by atoms with Crippen molar-refractivity contribution in [1.82, 2.24) is 10.2 Å². The lowest BCUT2D eigenvalue weighted by molar-refractivity contribution is -0.174. The van der Waals surface area contributed by atoms with Crippen molar-refractivity contribution >= 4 is 0 Å². The van der Waals surface area contributed by atoms with Crippen LogP contribution in [0.25, 0.3) is 0 Å². The third-order valence-electron chi connectivity index (χ3n) is 3.09. The van der Waals surface area contributed by atoms with Crippen molar-refractivity contribution in [2.45, 2.75) is 31.5 Å². The molecule has 0 saturated carbocycles. The Morgan fingerprint density at radius 3 is 2.68 bits per heavy atom. The van der Waals surface area contributed by atoms with Crippen LogP contribution in [0.5, 0.6) is 0 Å². The second-order valence-electron chi connectivity index (χ2n) is 4.84. The molecule has 0 bridgehead atoms. The highest BCUT2D eigenvalue weighted by atomic mass is 19.4. The summed E-state index contributed by atoms with van der Waals surface area (Å²) < 4.78 is 40.1. The molecule has 0 spiro atoms. The van der Waals surface area contributed by atoms with E-state index in [2.05, 4.69) is 15.0 Å². The molecule has 1 saturated heterocycles. The van der Waals surface area contributed by atoms with Gasteiger partial charge < -0.3 is 15.2 Å². The quantitative estimate of drug-likeness (QED) is 0.620. The molecule has 1 aliphatic heterocycles. The first-order valence-corrected chi connectivity index (χ1v) is 6.72. The van der Waals surface area contributed by atoms with Gasteiger partial charge >= 0.3 is 6.18 Å². The van der Waals surface area contributed by atoms with E-state index in [4.69, 9.17) is 5.11 Å². The summed E-state index contributed by atoms with van der Waals surface area (Å²) >= 11 is 0. The molecule has 0 aliphatic carbocycles. The third kappa shape index (κ3) is 8.41. The summed E-state index contributed by atoms with van der Waals surface area (Å²) in [6, 6.07) is 0.433. The van der Waals surface area contributed by atoms with Crippen molar-refractivity contribution in [2.24, 2.45) is 0 Å². The molecule has 4 nitrogen and oxygen atoms in total. The number of nitrogens with zero attached hydrogens (tertiary/aromatic N) is 1. The molecule has 7 heteroatoms. The predicted molar refractivity (Wildman–Crippen MR) is 66.0 cm³/mol. The minimum atomic E-state index is -4.25. The van der Waals surface area contributed by atoms with Crippen LogP contribution in [0.2, 0.25) is 0 Å². The van der Waals surface area contributed by atoms with Gasteiger partial charge in [0.2, 0.25) is 0 Å². The topological polar surface area (TPSA) is 44.7 Å². The Morgan fingerprint density at radius 1 is 1.32 bits per heavy atom. The van der Waals surface area contributed by atoms with Gasteiger partial charge in [-0.05, 0) is 25.8 Å². The van der Waals surface area contributed by atoms with Gasteiger partial charge in [-0.2, -0.15) is 13.2 Å². The molecule has 2 N–H and O–H groups in total. The van der Waals surface area contributed by atoms with Crippen LogP contribution in [0.15, 0.2) is 0 Å². The first-order chi connectivity index (χ1) is 9.01. The number of ether oxygens (including phenoxy) is 1. The van der Waals surface area contributed by atoms with Crippen LogP contribution in [0.1, 0.15) is 19.3 Å². The summed E-state index contributed by atoms with van der Waals surface area (Å²) in [4.78, 5) is 2.07. The fourth-order valence-electron chi connectivity index (χ4n) is 2.24. The van der Waals surface area contributed by atoms with Gasteiger partial charge in [-0.1, -0.05) is 0 Å².